The number of aromatic amines is 1. The van der Waals surface area contributed by atoms with E-state index in [-0.39, 0.29) is 30.5 Å². The van der Waals surface area contributed by atoms with Gasteiger partial charge in [-0.05, 0) is 23.8 Å². The number of hydrogen-bond donors (Lipinski definition) is 3. The highest BCUT2D eigenvalue weighted by Gasteiger charge is 2.14. The average Bonchev–Trinajstić information content (AvgIpc) is 3.28. The fraction of sp³-hybridized carbons (Fsp3) is 0.111. The van der Waals surface area contributed by atoms with Crippen LogP contribution < -0.4 is 5.32 Å². The molecule has 136 valence electrons. The van der Waals surface area contributed by atoms with Crippen molar-refractivity contribution in [2.24, 2.45) is 0 Å². The standard InChI is InChI=1S/C18H14ClN5O3/c19-13-4-5-20-18-16(13)11(8-22-18)7-14(26)21-9-15-23-17(24-27-15)10-2-1-3-12(25)6-10/h1-6,8,25H,7,9H2,(H,20,22)(H,21,26). The minimum absolute atomic E-state index is 0.0962. The topological polar surface area (TPSA) is 117 Å². The van der Waals surface area contributed by atoms with Crippen molar-refractivity contribution in [2.45, 2.75) is 13.0 Å². The number of hydrogen-bond acceptors (Lipinski definition) is 6. The summed E-state index contributed by atoms with van der Waals surface area (Å²) in [5.74, 6) is 0.497. The van der Waals surface area contributed by atoms with E-state index < -0.39 is 0 Å². The van der Waals surface area contributed by atoms with Gasteiger partial charge in [-0.1, -0.05) is 28.9 Å². The van der Waals surface area contributed by atoms with E-state index in [2.05, 4.69) is 25.4 Å². The number of fused-ring (bicyclic) bond motifs is 1. The maximum absolute atomic E-state index is 12.2. The van der Waals surface area contributed by atoms with Gasteiger partial charge in [-0.3, -0.25) is 4.79 Å². The average molecular weight is 384 g/mol. The third-order valence-corrected chi connectivity index (χ3v) is 4.28. The van der Waals surface area contributed by atoms with E-state index in [1.165, 1.54) is 6.07 Å². The van der Waals surface area contributed by atoms with Gasteiger partial charge in [0.05, 0.1) is 18.0 Å². The first-order chi connectivity index (χ1) is 13.1. The number of nitrogens with zero attached hydrogens (tertiary/aromatic N) is 3. The number of carbonyl (C=O) groups is 1. The molecule has 0 atom stereocenters. The van der Waals surface area contributed by atoms with Crippen molar-refractivity contribution in [3.8, 4) is 17.1 Å². The number of phenolic OH excluding ortho intramolecular Hbond substituents is 1. The fourth-order valence-electron chi connectivity index (χ4n) is 2.72. The molecule has 0 saturated carbocycles. The molecule has 4 aromatic rings. The molecule has 9 heteroatoms. The van der Waals surface area contributed by atoms with Crippen molar-refractivity contribution < 1.29 is 14.4 Å². The summed E-state index contributed by atoms with van der Waals surface area (Å²) in [5, 5.41) is 17.4. The number of aromatic hydroxyl groups is 1. The van der Waals surface area contributed by atoms with Crippen molar-refractivity contribution in [1.82, 2.24) is 25.4 Å². The van der Waals surface area contributed by atoms with Crippen LogP contribution in [0.15, 0.2) is 47.2 Å². The lowest BCUT2D eigenvalue weighted by atomic mass is 10.1. The third-order valence-electron chi connectivity index (χ3n) is 3.96. The minimum Gasteiger partial charge on any atom is -0.508 e. The zero-order valence-electron chi connectivity index (χ0n) is 13.9. The molecule has 0 aliphatic rings. The molecule has 0 aliphatic carbocycles. The van der Waals surface area contributed by atoms with E-state index in [0.717, 1.165) is 10.9 Å². The second-order valence-corrected chi connectivity index (χ2v) is 6.25. The van der Waals surface area contributed by atoms with Crippen LogP contribution in [-0.2, 0) is 17.8 Å². The lowest BCUT2D eigenvalue weighted by Gasteiger charge is -2.02. The molecule has 27 heavy (non-hydrogen) atoms. The molecule has 0 radical (unpaired) electrons. The molecule has 4 rings (SSSR count). The lowest BCUT2D eigenvalue weighted by molar-refractivity contribution is -0.120. The highest BCUT2D eigenvalue weighted by molar-refractivity contribution is 6.35. The molecule has 0 fully saturated rings. The molecule has 3 N–H and O–H groups in total. The van der Waals surface area contributed by atoms with Gasteiger partial charge in [-0.25, -0.2) is 4.98 Å². The van der Waals surface area contributed by atoms with E-state index in [9.17, 15) is 9.90 Å². The first kappa shape index (κ1) is 17.0. The Bertz CT molecular complexity index is 1120. The Hall–Kier alpha value is -3.39. The van der Waals surface area contributed by atoms with Gasteiger partial charge in [0.2, 0.25) is 17.6 Å². The number of halogens is 1. The summed E-state index contributed by atoms with van der Waals surface area (Å²) in [6.45, 7) is 0.0962. The number of phenols is 1. The highest BCUT2D eigenvalue weighted by Crippen LogP contribution is 2.25. The molecule has 3 heterocycles. The summed E-state index contributed by atoms with van der Waals surface area (Å²) in [4.78, 5) is 23.6. The largest absolute Gasteiger partial charge is 0.508 e. The molecule has 0 saturated heterocycles. The number of amides is 1. The van der Waals surface area contributed by atoms with Gasteiger partial charge in [0, 0.05) is 23.3 Å². The third kappa shape index (κ3) is 3.61. The second kappa shape index (κ2) is 7.08. The first-order valence-electron chi connectivity index (χ1n) is 8.09. The Kier molecular flexibility index (Phi) is 4.47. The summed E-state index contributed by atoms with van der Waals surface area (Å²) in [6.07, 6.45) is 3.46. The fourth-order valence-corrected chi connectivity index (χ4v) is 2.99. The molecule has 0 unspecified atom stereocenters. The monoisotopic (exact) mass is 383 g/mol. The molecule has 8 nitrogen and oxygen atoms in total. The molecule has 1 aromatic carbocycles. The summed E-state index contributed by atoms with van der Waals surface area (Å²) >= 11 is 6.19. The van der Waals surface area contributed by atoms with Crippen LogP contribution >= 0.6 is 11.6 Å². The van der Waals surface area contributed by atoms with Gasteiger partial charge in [0.1, 0.15) is 11.4 Å². The first-order valence-corrected chi connectivity index (χ1v) is 8.47. The smallest absolute Gasteiger partial charge is 0.246 e. The summed E-state index contributed by atoms with van der Waals surface area (Å²) in [5.41, 5.74) is 2.02. The van der Waals surface area contributed by atoms with Crippen LogP contribution in [-0.4, -0.2) is 31.1 Å². The van der Waals surface area contributed by atoms with E-state index in [4.69, 9.17) is 16.1 Å². The zero-order valence-corrected chi connectivity index (χ0v) is 14.7. The molecule has 0 bridgehead atoms. The Morgan fingerprint density at radius 1 is 1.33 bits per heavy atom. The Morgan fingerprint density at radius 2 is 2.22 bits per heavy atom. The maximum Gasteiger partial charge on any atom is 0.246 e. The van der Waals surface area contributed by atoms with E-state index in [1.54, 1.807) is 36.7 Å². The SMILES string of the molecule is O=C(Cc1c[nH]c2nccc(Cl)c12)NCc1nc(-c2cccc(O)c2)no1. The number of nitrogens with one attached hydrogen (secondary N) is 2. The predicted molar refractivity (Wildman–Crippen MR) is 98.1 cm³/mol. The Morgan fingerprint density at radius 3 is 3.07 bits per heavy atom. The van der Waals surface area contributed by atoms with Crippen molar-refractivity contribution >= 4 is 28.5 Å². The van der Waals surface area contributed by atoms with Gasteiger partial charge in [0.25, 0.3) is 0 Å². The number of benzene rings is 1. The second-order valence-electron chi connectivity index (χ2n) is 5.85. The summed E-state index contributed by atoms with van der Waals surface area (Å²) in [7, 11) is 0. The van der Waals surface area contributed by atoms with Crippen LogP contribution in [0, 0.1) is 0 Å². The van der Waals surface area contributed by atoms with Crippen LogP contribution in [0.3, 0.4) is 0 Å². The van der Waals surface area contributed by atoms with Crippen LogP contribution in [0.5, 0.6) is 5.75 Å². The van der Waals surface area contributed by atoms with Crippen molar-refractivity contribution in [2.75, 3.05) is 0 Å². The number of H-pyrrole nitrogens is 1. The maximum atomic E-state index is 12.2. The minimum atomic E-state index is -0.215. The van der Waals surface area contributed by atoms with Gasteiger partial charge in [0.15, 0.2) is 0 Å². The molecule has 3 aromatic heterocycles. The number of pyridine rings is 1. The van der Waals surface area contributed by atoms with Gasteiger partial charge < -0.3 is 19.9 Å². The molecule has 0 aliphatic heterocycles. The predicted octanol–water partition coefficient (Wildman–Crippen LogP) is 2.83. The molecule has 1 amide bonds. The summed E-state index contributed by atoms with van der Waals surface area (Å²) in [6, 6.07) is 8.20. The van der Waals surface area contributed by atoms with Gasteiger partial charge >= 0.3 is 0 Å². The van der Waals surface area contributed by atoms with Crippen LogP contribution in [0.1, 0.15) is 11.5 Å². The van der Waals surface area contributed by atoms with Crippen LogP contribution in [0.2, 0.25) is 5.02 Å². The van der Waals surface area contributed by atoms with E-state index in [0.29, 0.717) is 22.1 Å². The molecular formula is C18H14ClN5O3. The highest BCUT2D eigenvalue weighted by atomic mass is 35.5. The normalized spacial score (nSPS) is 11.0. The summed E-state index contributed by atoms with van der Waals surface area (Å²) < 4.78 is 5.14. The Balaban J connectivity index is 1.41. The molecular weight excluding hydrogens is 370 g/mol. The molecule has 0 spiro atoms. The quantitative estimate of drug-likeness (QED) is 0.488. The van der Waals surface area contributed by atoms with Gasteiger partial charge in [-0.15, -0.1) is 0 Å². The van der Waals surface area contributed by atoms with Crippen molar-refractivity contribution in [3.63, 3.8) is 0 Å². The van der Waals surface area contributed by atoms with Crippen LogP contribution in [0.25, 0.3) is 22.4 Å². The van der Waals surface area contributed by atoms with Crippen molar-refractivity contribution in [3.05, 3.63) is 59.2 Å². The zero-order chi connectivity index (χ0) is 18.8. The van der Waals surface area contributed by atoms with Gasteiger partial charge in [-0.2, -0.15) is 4.98 Å². The number of carbonyl (C=O) groups excluding carboxylic acids is 1. The number of rotatable bonds is 5. The Labute approximate surface area is 158 Å². The van der Waals surface area contributed by atoms with Crippen LogP contribution in [0.4, 0.5) is 0 Å². The lowest BCUT2D eigenvalue weighted by Crippen LogP contribution is -2.24. The van der Waals surface area contributed by atoms with Crippen molar-refractivity contribution in [1.29, 1.82) is 0 Å². The number of aromatic nitrogens is 4. The van der Waals surface area contributed by atoms with E-state index in [1.807, 2.05) is 0 Å². The van der Waals surface area contributed by atoms with E-state index >= 15 is 0 Å².